The minimum atomic E-state index is -0.776. The molecule has 4 rings (SSSR count). The number of piperidine rings is 1. The lowest BCUT2D eigenvalue weighted by atomic mass is 9.90. The summed E-state index contributed by atoms with van der Waals surface area (Å²) in [6, 6.07) is 19.5. The van der Waals surface area contributed by atoms with Gasteiger partial charge in [-0.1, -0.05) is 42.8 Å². The summed E-state index contributed by atoms with van der Waals surface area (Å²) in [4.78, 5) is 14.2. The van der Waals surface area contributed by atoms with Gasteiger partial charge in [0.2, 0.25) is 0 Å². The topological polar surface area (TPSA) is 59.0 Å². The van der Waals surface area contributed by atoms with Gasteiger partial charge in [0.05, 0.1) is 20.3 Å². The van der Waals surface area contributed by atoms with E-state index in [9.17, 15) is 9.90 Å². The van der Waals surface area contributed by atoms with Gasteiger partial charge in [-0.2, -0.15) is 0 Å². The Hall–Kier alpha value is -3.05. The van der Waals surface area contributed by atoms with Crippen LogP contribution < -0.4 is 9.47 Å². The fourth-order valence-corrected chi connectivity index (χ4v) is 4.51. The van der Waals surface area contributed by atoms with Crippen molar-refractivity contribution >= 4 is 16.7 Å². The predicted octanol–water partition coefficient (Wildman–Crippen LogP) is 4.89. The third-order valence-corrected chi connectivity index (χ3v) is 5.98. The molecular weight excluding hydrogens is 378 g/mol. The first-order valence-corrected chi connectivity index (χ1v) is 10.3. The molecule has 0 aliphatic carbocycles. The lowest BCUT2D eigenvalue weighted by molar-refractivity contribution is -0.145. The van der Waals surface area contributed by atoms with Crippen LogP contribution in [0.1, 0.15) is 36.4 Å². The van der Waals surface area contributed by atoms with E-state index in [1.54, 1.807) is 14.2 Å². The Bertz CT molecular complexity index is 1050. The zero-order valence-electron chi connectivity index (χ0n) is 17.4. The molecule has 0 aromatic heterocycles. The second-order valence-corrected chi connectivity index (χ2v) is 7.70. The van der Waals surface area contributed by atoms with Crippen LogP contribution in [0.5, 0.6) is 11.5 Å². The monoisotopic (exact) mass is 405 g/mol. The van der Waals surface area contributed by atoms with Crippen molar-refractivity contribution in [3.05, 3.63) is 71.8 Å². The van der Waals surface area contributed by atoms with Gasteiger partial charge in [0, 0.05) is 5.56 Å². The number of nitrogens with zero attached hydrogens (tertiary/aromatic N) is 1. The van der Waals surface area contributed by atoms with E-state index in [-0.39, 0.29) is 6.04 Å². The summed E-state index contributed by atoms with van der Waals surface area (Å²) in [5, 5.41) is 12.2. The van der Waals surface area contributed by atoms with Crippen LogP contribution in [0.25, 0.3) is 10.8 Å². The zero-order valence-corrected chi connectivity index (χ0v) is 17.4. The van der Waals surface area contributed by atoms with Gasteiger partial charge < -0.3 is 14.6 Å². The van der Waals surface area contributed by atoms with Gasteiger partial charge in [0.1, 0.15) is 17.5 Å². The molecule has 0 spiro atoms. The SMILES string of the molecule is COc1ccc(OC)c(C(c2ccc3ccccc3c2)N2CCCCC2C(=O)O)c1. The number of ether oxygens (including phenoxy) is 2. The number of benzene rings is 3. The number of hydrogen-bond donors (Lipinski definition) is 1. The predicted molar refractivity (Wildman–Crippen MR) is 117 cm³/mol. The largest absolute Gasteiger partial charge is 0.497 e. The second kappa shape index (κ2) is 8.76. The third kappa shape index (κ3) is 3.85. The number of methoxy groups -OCH3 is 2. The number of fused-ring (bicyclic) bond motifs is 1. The van der Waals surface area contributed by atoms with Crippen molar-refractivity contribution in [3.8, 4) is 11.5 Å². The van der Waals surface area contributed by atoms with Crippen LogP contribution in [0.4, 0.5) is 0 Å². The van der Waals surface area contributed by atoms with Crippen LogP contribution in [0, 0.1) is 0 Å². The van der Waals surface area contributed by atoms with Crippen LogP contribution in [0.15, 0.2) is 60.7 Å². The Balaban J connectivity index is 1.91. The van der Waals surface area contributed by atoms with E-state index in [1.165, 1.54) is 0 Å². The van der Waals surface area contributed by atoms with Crippen LogP contribution in [-0.4, -0.2) is 42.8 Å². The number of aliphatic carboxylic acids is 1. The third-order valence-electron chi connectivity index (χ3n) is 5.98. The van der Waals surface area contributed by atoms with E-state index in [2.05, 4.69) is 35.2 Å². The summed E-state index contributed by atoms with van der Waals surface area (Å²) in [6.45, 7) is 0.717. The zero-order chi connectivity index (χ0) is 21.1. The van der Waals surface area contributed by atoms with Crippen molar-refractivity contribution in [2.45, 2.75) is 31.3 Å². The molecule has 1 heterocycles. The van der Waals surface area contributed by atoms with Crippen LogP contribution >= 0.6 is 0 Å². The standard InChI is InChI=1S/C25H27NO4/c1-29-20-12-13-23(30-2)21(16-20)24(26-14-6-5-9-22(26)25(27)28)19-11-10-17-7-3-4-8-18(17)15-19/h3-4,7-8,10-13,15-16,22,24H,5-6,9,14H2,1-2H3,(H,27,28). The summed E-state index contributed by atoms with van der Waals surface area (Å²) in [5.41, 5.74) is 1.97. The number of carboxylic acids is 1. The van der Waals surface area contributed by atoms with Crippen molar-refractivity contribution < 1.29 is 19.4 Å². The van der Waals surface area contributed by atoms with Crippen LogP contribution in [0.3, 0.4) is 0 Å². The van der Waals surface area contributed by atoms with Gasteiger partial charge >= 0.3 is 5.97 Å². The molecule has 1 aliphatic heterocycles. The summed E-state index contributed by atoms with van der Waals surface area (Å²) in [7, 11) is 3.28. The molecule has 5 nitrogen and oxygen atoms in total. The van der Waals surface area contributed by atoms with Gasteiger partial charge in [0.25, 0.3) is 0 Å². The van der Waals surface area contributed by atoms with E-state index in [0.29, 0.717) is 6.42 Å². The highest BCUT2D eigenvalue weighted by Crippen LogP contribution is 2.40. The van der Waals surface area contributed by atoms with Crippen molar-refractivity contribution in [1.82, 2.24) is 4.90 Å². The molecule has 156 valence electrons. The van der Waals surface area contributed by atoms with Gasteiger partial charge in [-0.3, -0.25) is 9.69 Å². The molecular formula is C25H27NO4. The highest BCUT2D eigenvalue weighted by atomic mass is 16.5. The lowest BCUT2D eigenvalue weighted by Crippen LogP contribution is -2.46. The average molecular weight is 405 g/mol. The fourth-order valence-electron chi connectivity index (χ4n) is 4.51. The average Bonchev–Trinajstić information content (AvgIpc) is 2.79. The van der Waals surface area contributed by atoms with Gasteiger partial charge in [-0.05, 0) is 60.0 Å². The minimum Gasteiger partial charge on any atom is -0.497 e. The van der Waals surface area contributed by atoms with Crippen molar-refractivity contribution in [1.29, 1.82) is 0 Å². The normalized spacial score (nSPS) is 18.1. The Morgan fingerprint density at radius 1 is 1.00 bits per heavy atom. The smallest absolute Gasteiger partial charge is 0.320 e. The number of rotatable bonds is 6. The summed E-state index contributed by atoms with van der Waals surface area (Å²) in [5.74, 6) is 0.673. The second-order valence-electron chi connectivity index (χ2n) is 7.70. The fraction of sp³-hybridized carbons (Fsp3) is 0.320. The van der Waals surface area contributed by atoms with Crippen molar-refractivity contribution in [3.63, 3.8) is 0 Å². The minimum absolute atomic E-state index is 0.249. The molecule has 1 fully saturated rings. The van der Waals surface area contributed by atoms with E-state index in [1.807, 2.05) is 30.3 Å². The Morgan fingerprint density at radius 2 is 1.80 bits per heavy atom. The van der Waals surface area contributed by atoms with Crippen molar-refractivity contribution in [2.24, 2.45) is 0 Å². The molecule has 5 heteroatoms. The van der Waals surface area contributed by atoms with E-state index in [4.69, 9.17) is 9.47 Å². The molecule has 2 unspecified atom stereocenters. The molecule has 0 saturated carbocycles. The van der Waals surface area contributed by atoms with Gasteiger partial charge in [0.15, 0.2) is 0 Å². The number of carbonyl (C=O) groups is 1. The molecule has 0 bridgehead atoms. The maximum Gasteiger partial charge on any atom is 0.320 e. The molecule has 0 radical (unpaired) electrons. The number of carboxylic acid groups (broad SMARTS) is 1. The maximum atomic E-state index is 12.1. The number of hydrogen-bond acceptors (Lipinski definition) is 4. The molecule has 2 atom stereocenters. The summed E-state index contributed by atoms with van der Waals surface area (Å²) in [6.07, 6.45) is 2.54. The Morgan fingerprint density at radius 3 is 2.53 bits per heavy atom. The summed E-state index contributed by atoms with van der Waals surface area (Å²) < 4.78 is 11.2. The molecule has 3 aromatic carbocycles. The first-order chi connectivity index (χ1) is 14.6. The Kier molecular flexibility index (Phi) is 5.91. The van der Waals surface area contributed by atoms with Crippen LogP contribution in [-0.2, 0) is 4.79 Å². The van der Waals surface area contributed by atoms with Gasteiger partial charge in [-0.15, -0.1) is 0 Å². The molecule has 1 aliphatic rings. The molecule has 0 amide bonds. The first kappa shape index (κ1) is 20.2. The Labute approximate surface area is 176 Å². The lowest BCUT2D eigenvalue weighted by Gasteiger charge is -2.40. The molecule has 1 N–H and O–H groups in total. The quantitative estimate of drug-likeness (QED) is 0.633. The van der Waals surface area contributed by atoms with E-state index in [0.717, 1.165) is 52.8 Å². The highest BCUT2D eigenvalue weighted by molar-refractivity contribution is 5.83. The molecule has 30 heavy (non-hydrogen) atoms. The van der Waals surface area contributed by atoms with E-state index < -0.39 is 12.0 Å². The van der Waals surface area contributed by atoms with Gasteiger partial charge in [-0.25, -0.2) is 0 Å². The highest BCUT2D eigenvalue weighted by Gasteiger charge is 2.36. The summed E-state index contributed by atoms with van der Waals surface area (Å²) >= 11 is 0. The first-order valence-electron chi connectivity index (χ1n) is 10.3. The van der Waals surface area contributed by atoms with Crippen molar-refractivity contribution in [2.75, 3.05) is 20.8 Å². The number of likely N-dealkylation sites (tertiary alicyclic amines) is 1. The van der Waals surface area contributed by atoms with E-state index >= 15 is 0 Å². The van der Waals surface area contributed by atoms with Crippen LogP contribution in [0.2, 0.25) is 0 Å². The molecule has 1 saturated heterocycles. The maximum absolute atomic E-state index is 12.1. The molecule has 3 aromatic rings.